The number of rotatable bonds is 12. The van der Waals surface area contributed by atoms with Gasteiger partial charge in [0.25, 0.3) is 0 Å². The zero-order chi connectivity index (χ0) is 37.1. The van der Waals surface area contributed by atoms with Crippen molar-refractivity contribution in [3.8, 4) is 0 Å². The van der Waals surface area contributed by atoms with Gasteiger partial charge in [-0.05, 0) is 41.5 Å². The highest BCUT2D eigenvalue weighted by atomic mass is 31.2. The Morgan fingerprint density at radius 2 is 1.78 bits per heavy atom. The van der Waals surface area contributed by atoms with Crippen molar-refractivity contribution in [2.45, 2.75) is 90.5 Å². The maximum Gasteiger partial charge on any atom is 0.509 e. The number of hydrogen-bond donors (Lipinski definition) is 2. The fraction of sp³-hybridized carbons (Fsp3) is 0.607. The Balaban J connectivity index is 1.46. The summed E-state index contributed by atoms with van der Waals surface area (Å²) in [4.78, 5) is 49.4. The summed E-state index contributed by atoms with van der Waals surface area (Å²) in [5.41, 5.74) is -0.645. The first-order chi connectivity index (χ1) is 23.9. The van der Waals surface area contributed by atoms with Crippen LogP contribution >= 0.6 is 7.82 Å². The van der Waals surface area contributed by atoms with Gasteiger partial charge < -0.3 is 28.6 Å². The minimum Gasteiger partial charge on any atom is -0.443 e. The smallest absolute Gasteiger partial charge is 0.443 e. The Hall–Kier alpha value is -4.60. The third-order valence-electron chi connectivity index (χ3n) is 6.84. The number of anilines is 1. The van der Waals surface area contributed by atoms with E-state index in [2.05, 4.69) is 40.9 Å². The number of phosphoric ester groups is 1. The summed E-state index contributed by atoms with van der Waals surface area (Å²) < 4.78 is 57.2. The second-order valence-corrected chi connectivity index (χ2v) is 14.7. The number of aryl methyl sites for hydroxylation is 2. The Bertz CT molecular complexity index is 1880. The lowest BCUT2D eigenvalue weighted by Crippen LogP contribution is -2.40. The van der Waals surface area contributed by atoms with Gasteiger partial charge >= 0.3 is 20.1 Å². The van der Waals surface area contributed by atoms with Crippen LogP contribution in [0.1, 0.15) is 59.2 Å². The lowest BCUT2D eigenvalue weighted by atomic mass is 10.1. The third-order valence-corrected chi connectivity index (χ3v) is 8.13. The molecule has 0 saturated carbocycles. The van der Waals surface area contributed by atoms with E-state index in [-0.39, 0.29) is 36.8 Å². The molecule has 0 aliphatic carbocycles. The van der Waals surface area contributed by atoms with Crippen molar-refractivity contribution in [1.29, 1.82) is 0 Å². The lowest BCUT2D eigenvalue weighted by molar-refractivity contribution is -0.1000. The molecule has 0 bridgehead atoms. The van der Waals surface area contributed by atoms with E-state index in [0.717, 1.165) is 6.33 Å². The molecule has 5 atom stereocenters. The number of nitrogens with zero attached hydrogens (tertiary/aromatic N) is 10. The molecule has 1 amide bonds. The Morgan fingerprint density at radius 1 is 1.02 bits per heavy atom. The van der Waals surface area contributed by atoms with Gasteiger partial charge in [-0.1, -0.05) is 10.4 Å². The summed E-state index contributed by atoms with van der Waals surface area (Å²) in [5, 5.41) is 17.7. The summed E-state index contributed by atoms with van der Waals surface area (Å²) in [6, 6.07) is 0. The number of carbonyl (C=O) groups excluding carboxylic acids is 2. The third kappa shape index (κ3) is 10.0. The van der Waals surface area contributed by atoms with Gasteiger partial charge in [0.1, 0.15) is 37.4 Å². The molecule has 51 heavy (non-hydrogen) atoms. The number of aromatic nitrogens is 10. The molecule has 2 N–H and O–H groups in total. The van der Waals surface area contributed by atoms with Crippen LogP contribution in [0.15, 0.2) is 25.0 Å². The molecule has 4 aromatic heterocycles. The van der Waals surface area contributed by atoms with Gasteiger partial charge in [0.2, 0.25) is 0 Å². The molecule has 278 valence electrons. The first-order valence-electron chi connectivity index (χ1n) is 15.5. The second-order valence-electron chi connectivity index (χ2n) is 13.3. The predicted octanol–water partition coefficient (Wildman–Crippen LogP) is 2.57. The standard InChI is InChI=1S/C28H40N11O11P/c1-27(2,3)46-13-18-20(49-51(42,43)50-28(4,5)6)21(48-26(41)45-11-16-10-37(7)36-34-16)24(47-18)39-15-31-19-22(29-14-30-23(19)39)33-25(40)44-12-17-9-32-35-38(17)8/h9-10,14-15,18,20-21,24H,11-13H2,1-8H3,(H,42,43)(H,29,30,33,40)/t18-,20?,21+,24-/m1/s1. The minimum atomic E-state index is -4.82. The van der Waals surface area contributed by atoms with Crippen LogP contribution in [0.2, 0.25) is 0 Å². The molecular formula is C28H40N11O11P. The largest absolute Gasteiger partial charge is 0.509 e. The number of nitrogens with one attached hydrogen (secondary N) is 1. The van der Waals surface area contributed by atoms with Crippen LogP contribution in [0, 0.1) is 0 Å². The normalized spacial score (nSPS) is 20.6. The van der Waals surface area contributed by atoms with Crippen molar-refractivity contribution < 1.29 is 51.8 Å². The van der Waals surface area contributed by atoms with Crippen LogP contribution in [0.4, 0.5) is 15.4 Å². The van der Waals surface area contributed by atoms with E-state index in [0.29, 0.717) is 11.4 Å². The maximum absolute atomic E-state index is 13.3. The zero-order valence-corrected chi connectivity index (χ0v) is 30.1. The molecule has 5 heterocycles. The monoisotopic (exact) mass is 737 g/mol. The highest BCUT2D eigenvalue weighted by molar-refractivity contribution is 7.47. The highest BCUT2D eigenvalue weighted by Gasteiger charge is 2.53. The molecular weight excluding hydrogens is 697 g/mol. The Morgan fingerprint density at radius 3 is 2.43 bits per heavy atom. The maximum atomic E-state index is 13.3. The quantitative estimate of drug-likeness (QED) is 0.156. The number of amides is 1. The Kier molecular flexibility index (Phi) is 11.0. The molecule has 2 unspecified atom stereocenters. The van der Waals surface area contributed by atoms with Crippen LogP contribution in [0.25, 0.3) is 11.2 Å². The average Bonchev–Trinajstić information content (AvgIpc) is 3.80. The van der Waals surface area contributed by atoms with Gasteiger partial charge in [-0.2, -0.15) is 0 Å². The molecule has 1 fully saturated rings. The average molecular weight is 738 g/mol. The summed E-state index contributed by atoms with van der Waals surface area (Å²) in [6.45, 7) is 9.55. The molecule has 1 aliphatic rings. The highest BCUT2D eigenvalue weighted by Crippen LogP contribution is 2.52. The van der Waals surface area contributed by atoms with Crippen LogP contribution in [-0.2, 0) is 64.6 Å². The van der Waals surface area contributed by atoms with Crippen LogP contribution < -0.4 is 5.32 Å². The van der Waals surface area contributed by atoms with E-state index in [1.54, 1.807) is 61.8 Å². The number of phosphoric acid groups is 1. The molecule has 22 nitrogen and oxygen atoms in total. The molecule has 0 spiro atoms. The summed E-state index contributed by atoms with van der Waals surface area (Å²) in [6.07, 6.45) is -1.89. The van der Waals surface area contributed by atoms with Crippen LogP contribution in [0.3, 0.4) is 0 Å². The van der Waals surface area contributed by atoms with Gasteiger partial charge in [-0.25, -0.2) is 33.8 Å². The molecule has 4 aromatic rings. The van der Waals surface area contributed by atoms with E-state index < -0.39 is 55.8 Å². The summed E-state index contributed by atoms with van der Waals surface area (Å²) >= 11 is 0. The van der Waals surface area contributed by atoms with Crippen LogP contribution in [0.5, 0.6) is 0 Å². The SMILES string of the molecule is Cn1cc(COC(=O)O[C@H]2C(OP(=O)(O)OC(C)(C)C)[C@@H](COC(C)(C)C)O[C@H]2n2cnc3c(NC(=O)OCc4cnnn4C)ncnc32)nn1. The van der Waals surface area contributed by atoms with Crippen molar-refractivity contribution in [2.24, 2.45) is 14.1 Å². The van der Waals surface area contributed by atoms with E-state index in [4.69, 9.17) is 32.7 Å². The fourth-order valence-corrected chi connectivity index (χ4v) is 6.05. The van der Waals surface area contributed by atoms with Crippen molar-refractivity contribution in [3.63, 3.8) is 0 Å². The van der Waals surface area contributed by atoms with E-state index in [9.17, 15) is 19.0 Å². The number of fused-ring (bicyclic) bond motifs is 1. The topological polar surface area (TPSA) is 253 Å². The molecule has 23 heteroatoms. The molecule has 0 aromatic carbocycles. The van der Waals surface area contributed by atoms with E-state index in [1.807, 2.05) is 0 Å². The minimum absolute atomic E-state index is 0.00965. The number of carbonyl (C=O) groups is 2. The van der Waals surface area contributed by atoms with Crippen molar-refractivity contribution in [1.82, 2.24) is 49.5 Å². The zero-order valence-electron chi connectivity index (χ0n) is 29.2. The number of ether oxygens (including phenoxy) is 5. The van der Waals surface area contributed by atoms with Gasteiger partial charge in [0, 0.05) is 14.1 Å². The van der Waals surface area contributed by atoms with Gasteiger partial charge in [0.15, 0.2) is 29.3 Å². The Labute approximate surface area is 291 Å². The van der Waals surface area contributed by atoms with E-state index >= 15 is 0 Å². The lowest BCUT2D eigenvalue weighted by Gasteiger charge is -2.29. The first-order valence-corrected chi connectivity index (χ1v) is 17.0. The molecule has 1 saturated heterocycles. The molecule has 0 radical (unpaired) electrons. The van der Waals surface area contributed by atoms with Crippen molar-refractivity contribution in [3.05, 3.63) is 36.4 Å². The van der Waals surface area contributed by atoms with Gasteiger partial charge in [-0.15, -0.1) is 10.2 Å². The second kappa shape index (κ2) is 14.9. The predicted molar refractivity (Wildman–Crippen MR) is 171 cm³/mol. The number of hydrogen-bond acceptors (Lipinski definition) is 17. The number of imidazole rings is 1. The van der Waals surface area contributed by atoms with E-state index in [1.165, 1.54) is 26.5 Å². The molecule has 1 aliphatic heterocycles. The van der Waals surface area contributed by atoms with Gasteiger partial charge in [0.05, 0.1) is 42.2 Å². The first kappa shape index (κ1) is 37.7. The summed E-state index contributed by atoms with van der Waals surface area (Å²) in [7, 11) is -1.52. The van der Waals surface area contributed by atoms with Crippen molar-refractivity contribution in [2.75, 3.05) is 11.9 Å². The molecule has 5 rings (SSSR count). The summed E-state index contributed by atoms with van der Waals surface area (Å²) in [5.74, 6) is -0.00965. The fourth-order valence-electron chi connectivity index (χ4n) is 4.76. The van der Waals surface area contributed by atoms with Gasteiger partial charge in [-0.3, -0.25) is 23.6 Å². The van der Waals surface area contributed by atoms with Crippen molar-refractivity contribution >= 4 is 37.1 Å². The van der Waals surface area contributed by atoms with Crippen LogP contribution in [-0.4, -0.2) is 103 Å².